The van der Waals surface area contributed by atoms with Gasteiger partial charge in [0.2, 0.25) is 0 Å². The van der Waals surface area contributed by atoms with Gasteiger partial charge in [0.1, 0.15) is 5.82 Å². The summed E-state index contributed by atoms with van der Waals surface area (Å²) in [5, 5.41) is 0. The maximum absolute atomic E-state index is 11.8. The van der Waals surface area contributed by atoms with E-state index in [9.17, 15) is 4.79 Å². The molecule has 0 saturated heterocycles. The first kappa shape index (κ1) is 11.4. The van der Waals surface area contributed by atoms with Gasteiger partial charge >= 0.3 is 5.76 Å². The number of nitrogens with two attached hydrogens (primary N) is 1. The number of hydrogen-bond acceptors (Lipinski definition) is 6. The summed E-state index contributed by atoms with van der Waals surface area (Å²) in [6.45, 7) is 0.348. The fourth-order valence-electron chi connectivity index (χ4n) is 1.83. The van der Waals surface area contributed by atoms with Gasteiger partial charge in [0.15, 0.2) is 11.2 Å². The summed E-state index contributed by atoms with van der Waals surface area (Å²) in [6, 6.07) is 6.99. The molecule has 7 nitrogen and oxygen atoms in total. The van der Waals surface area contributed by atoms with E-state index in [-0.39, 0.29) is 0 Å². The molecule has 0 spiro atoms. The van der Waals surface area contributed by atoms with E-state index in [2.05, 4.69) is 15.4 Å². The van der Waals surface area contributed by atoms with E-state index in [1.54, 1.807) is 30.6 Å². The van der Waals surface area contributed by atoms with Crippen molar-refractivity contribution >= 4 is 17.0 Å². The number of nitrogens with one attached hydrogen (secondary N) is 1. The van der Waals surface area contributed by atoms with Crippen LogP contribution in [0.4, 0.5) is 5.82 Å². The number of hydrogen-bond donors (Lipinski definition) is 2. The minimum absolute atomic E-state index is 0.348. The maximum Gasteiger partial charge on any atom is 0.421 e. The summed E-state index contributed by atoms with van der Waals surface area (Å²) >= 11 is 0. The zero-order valence-electron chi connectivity index (χ0n) is 9.91. The van der Waals surface area contributed by atoms with Crippen molar-refractivity contribution in [3.8, 4) is 0 Å². The van der Waals surface area contributed by atoms with E-state index in [0.29, 0.717) is 23.6 Å². The Kier molecular flexibility index (Phi) is 2.73. The number of oxazole rings is 1. The predicted molar refractivity (Wildman–Crippen MR) is 69.4 cm³/mol. The first-order chi connectivity index (χ1) is 9.28. The lowest BCUT2D eigenvalue weighted by atomic mass is 10.3. The third-order valence-corrected chi connectivity index (χ3v) is 2.74. The Labute approximate surface area is 107 Å². The molecule has 0 atom stereocenters. The Balaban J connectivity index is 2.00. The van der Waals surface area contributed by atoms with E-state index in [4.69, 9.17) is 10.3 Å². The number of nitrogens with zero attached hydrogens (tertiary/aromatic N) is 3. The van der Waals surface area contributed by atoms with Gasteiger partial charge in [-0.15, -0.1) is 0 Å². The average Bonchev–Trinajstić information content (AvgIpc) is 2.76. The van der Waals surface area contributed by atoms with Crippen LogP contribution in [0.15, 0.2) is 45.9 Å². The van der Waals surface area contributed by atoms with Crippen molar-refractivity contribution in [1.29, 1.82) is 0 Å². The van der Waals surface area contributed by atoms with Gasteiger partial charge in [-0.05, 0) is 23.8 Å². The van der Waals surface area contributed by atoms with E-state index in [1.807, 2.05) is 6.07 Å². The predicted octanol–water partition coefficient (Wildman–Crippen LogP) is 0.718. The lowest BCUT2D eigenvalue weighted by molar-refractivity contribution is 0.517. The highest BCUT2D eigenvalue weighted by Crippen LogP contribution is 2.11. The second kappa shape index (κ2) is 4.54. The number of rotatable bonds is 3. The molecule has 3 rings (SSSR count). The molecule has 0 saturated carbocycles. The molecule has 0 aliphatic heterocycles. The van der Waals surface area contributed by atoms with Crippen molar-refractivity contribution in [3.05, 3.63) is 52.8 Å². The summed E-state index contributed by atoms with van der Waals surface area (Å²) in [7, 11) is 0. The van der Waals surface area contributed by atoms with Crippen LogP contribution in [0.25, 0.3) is 11.2 Å². The van der Waals surface area contributed by atoms with Crippen LogP contribution in [-0.4, -0.2) is 14.5 Å². The first-order valence-corrected chi connectivity index (χ1v) is 5.64. The van der Waals surface area contributed by atoms with Gasteiger partial charge in [-0.2, -0.15) is 0 Å². The van der Waals surface area contributed by atoms with Crippen LogP contribution in [0.2, 0.25) is 0 Å². The zero-order valence-corrected chi connectivity index (χ0v) is 9.91. The summed E-state index contributed by atoms with van der Waals surface area (Å²) in [6.07, 6.45) is 3.26. The second-order valence-electron chi connectivity index (χ2n) is 3.98. The van der Waals surface area contributed by atoms with Gasteiger partial charge in [-0.1, -0.05) is 6.07 Å². The van der Waals surface area contributed by atoms with Crippen molar-refractivity contribution in [2.45, 2.75) is 6.54 Å². The lowest BCUT2D eigenvalue weighted by Crippen LogP contribution is -2.15. The molecule has 0 unspecified atom stereocenters. The second-order valence-corrected chi connectivity index (χ2v) is 3.98. The van der Waals surface area contributed by atoms with Crippen LogP contribution in [0.1, 0.15) is 5.56 Å². The highest BCUT2D eigenvalue weighted by Gasteiger charge is 2.10. The van der Waals surface area contributed by atoms with E-state index in [0.717, 1.165) is 5.56 Å². The minimum Gasteiger partial charge on any atom is -0.406 e. The Bertz CT molecular complexity index is 760. The molecule has 0 fully saturated rings. The van der Waals surface area contributed by atoms with Crippen LogP contribution >= 0.6 is 0 Å². The molecular weight excluding hydrogens is 246 g/mol. The van der Waals surface area contributed by atoms with E-state index in [1.165, 1.54) is 4.57 Å². The number of hydrazine groups is 1. The number of pyridine rings is 2. The molecule has 3 heterocycles. The van der Waals surface area contributed by atoms with Crippen molar-refractivity contribution in [2.24, 2.45) is 5.84 Å². The number of nitrogen functional groups attached to an aromatic ring is 1. The third kappa shape index (κ3) is 2.06. The maximum atomic E-state index is 11.8. The molecule has 3 aromatic heterocycles. The molecule has 0 aliphatic carbocycles. The van der Waals surface area contributed by atoms with Crippen molar-refractivity contribution in [2.75, 3.05) is 5.43 Å². The van der Waals surface area contributed by atoms with Crippen molar-refractivity contribution in [1.82, 2.24) is 14.5 Å². The SMILES string of the molecule is NNc1ccc(Cn2c(=O)oc3cccnc32)cn1. The Morgan fingerprint density at radius 3 is 2.95 bits per heavy atom. The average molecular weight is 257 g/mol. The number of anilines is 1. The molecule has 19 heavy (non-hydrogen) atoms. The zero-order chi connectivity index (χ0) is 13.2. The highest BCUT2D eigenvalue weighted by atomic mass is 16.4. The number of fused-ring (bicyclic) bond motifs is 1. The number of aromatic nitrogens is 3. The summed E-state index contributed by atoms with van der Waals surface area (Å²) < 4.78 is 6.57. The molecular formula is C12H11N5O2. The van der Waals surface area contributed by atoms with Gasteiger partial charge in [-0.25, -0.2) is 20.6 Å². The molecule has 0 aliphatic rings. The molecule has 0 radical (unpaired) electrons. The van der Waals surface area contributed by atoms with Crippen LogP contribution in [0.3, 0.4) is 0 Å². The quantitative estimate of drug-likeness (QED) is 0.530. The standard InChI is InChI=1S/C12H11N5O2/c13-16-10-4-3-8(6-15-10)7-17-11-9(19-12(17)18)2-1-5-14-11/h1-6H,7,13H2,(H,15,16). The minimum atomic E-state index is -0.435. The summed E-state index contributed by atoms with van der Waals surface area (Å²) in [5.74, 6) is 5.37. The third-order valence-electron chi connectivity index (χ3n) is 2.74. The fraction of sp³-hybridized carbons (Fsp3) is 0.0833. The largest absolute Gasteiger partial charge is 0.421 e. The van der Waals surface area contributed by atoms with Gasteiger partial charge in [0, 0.05) is 12.4 Å². The van der Waals surface area contributed by atoms with E-state index >= 15 is 0 Å². The van der Waals surface area contributed by atoms with E-state index < -0.39 is 5.76 Å². The van der Waals surface area contributed by atoms with Gasteiger partial charge in [0.05, 0.1) is 6.54 Å². The fourth-order valence-corrected chi connectivity index (χ4v) is 1.83. The topological polar surface area (TPSA) is 99.0 Å². The molecule has 3 aromatic rings. The molecule has 0 bridgehead atoms. The van der Waals surface area contributed by atoms with Crippen molar-refractivity contribution in [3.63, 3.8) is 0 Å². The first-order valence-electron chi connectivity index (χ1n) is 5.64. The summed E-state index contributed by atoms with van der Waals surface area (Å²) in [4.78, 5) is 20.0. The van der Waals surface area contributed by atoms with Crippen LogP contribution in [-0.2, 0) is 6.54 Å². The highest BCUT2D eigenvalue weighted by molar-refractivity contribution is 5.67. The molecule has 7 heteroatoms. The van der Waals surface area contributed by atoms with Gasteiger partial charge in [-0.3, -0.25) is 4.57 Å². The normalized spacial score (nSPS) is 10.8. The van der Waals surface area contributed by atoms with Crippen molar-refractivity contribution < 1.29 is 4.42 Å². The molecule has 0 amide bonds. The van der Waals surface area contributed by atoms with Crippen LogP contribution in [0, 0.1) is 0 Å². The Morgan fingerprint density at radius 2 is 2.21 bits per heavy atom. The Hall–Kier alpha value is -2.67. The van der Waals surface area contributed by atoms with Crippen LogP contribution < -0.4 is 17.0 Å². The summed E-state index contributed by atoms with van der Waals surface area (Å²) in [5.41, 5.74) is 4.29. The molecule has 3 N–H and O–H groups in total. The van der Waals surface area contributed by atoms with Gasteiger partial charge < -0.3 is 9.84 Å². The molecule has 0 aromatic carbocycles. The molecule has 96 valence electrons. The Morgan fingerprint density at radius 1 is 1.32 bits per heavy atom. The van der Waals surface area contributed by atoms with Crippen LogP contribution in [0.5, 0.6) is 0 Å². The lowest BCUT2D eigenvalue weighted by Gasteiger charge is -2.03. The smallest absolute Gasteiger partial charge is 0.406 e. The monoisotopic (exact) mass is 257 g/mol. The van der Waals surface area contributed by atoms with Gasteiger partial charge in [0.25, 0.3) is 0 Å².